The van der Waals surface area contributed by atoms with Crippen LogP contribution in [0, 0.1) is 6.92 Å². The highest BCUT2D eigenvalue weighted by molar-refractivity contribution is 5.90. The van der Waals surface area contributed by atoms with E-state index in [1.165, 1.54) is 39.0 Å². The fraction of sp³-hybridized carbons (Fsp3) is 0.238. The van der Waals surface area contributed by atoms with Gasteiger partial charge in [-0.05, 0) is 54.8 Å². The molecule has 2 heterocycles. The summed E-state index contributed by atoms with van der Waals surface area (Å²) in [6.45, 7) is 9.61. The highest BCUT2D eigenvalue weighted by Gasteiger charge is 2.24. The van der Waals surface area contributed by atoms with Crippen molar-refractivity contribution in [3.8, 4) is 0 Å². The van der Waals surface area contributed by atoms with Gasteiger partial charge in [0.05, 0.1) is 0 Å². The molecule has 0 unspecified atom stereocenters. The second-order valence-corrected chi connectivity index (χ2v) is 6.47. The molecule has 0 N–H and O–H groups in total. The minimum atomic E-state index is 0.912. The zero-order chi connectivity index (χ0) is 16.1. The van der Waals surface area contributed by atoms with Crippen molar-refractivity contribution in [2.24, 2.45) is 7.05 Å². The van der Waals surface area contributed by atoms with Gasteiger partial charge in [0.2, 0.25) is 0 Å². The van der Waals surface area contributed by atoms with Gasteiger partial charge in [-0.25, -0.2) is 0 Å². The normalized spacial score (nSPS) is 13.9. The predicted octanol–water partition coefficient (Wildman–Crippen LogP) is 5.04. The van der Waals surface area contributed by atoms with Crippen LogP contribution in [0.2, 0.25) is 0 Å². The fourth-order valence-electron chi connectivity index (χ4n) is 3.55. The second-order valence-electron chi connectivity index (χ2n) is 6.47. The van der Waals surface area contributed by atoms with Gasteiger partial charge >= 0.3 is 0 Å². The maximum atomic E-state index is 4.35. The molecule has 0 saturated heterocycles. The summed E-state index contributed by atoms with van der Waals surface area (Å²) in [6, 6.07) is 15.7. The molecule has 1 aromatic heterocycles. The lowest BCUT2D eigenvalue weighted by atomic mass is 10.0. The van der Waals surface area contributed by atoms with E-state index < -0.39 is 0 Å². The Morgan fingerprint density at radius 3 is 2.70 bits per heavy atom. The largest absolute Gasteiger partial charge is 0.348 e. The number of benzene rings is 2. The molecule has 2 aromatic carbocycles. The lowest BCUT2D eigenvalue weighted by Crippen LogP contribution is -2.12. The van der Waals surface area contributed by atoms with Gasteiger partial charge in [0.15, 0.2) is 0 Å². The average molecular weight is 302 g/mol. The van der Waals surface area contributed by atoms with Crippen LogP contribution in [-0.2, 0) is 20.0 Å². The lowest BCUT2D eigenvalue weighted by Gasteiger charge is -2.19. The molecule has 1 aliphatic heterocycles. The molecule has 0 radical (unpaired) electrons. The molecule has 2 heteroatoms. The van der Waals surface area contributed by atoms with E-state index >= 15 is 0 Å². The number of aromatic nitrogens is 1. The Bertz CT molecular complexity index is 930. The van der Waals surface area contributed by atoms with Gasteiger partial charge in [-0.1, -0.05) is 25.6 Å². The molecule has 4 rings (SSSR count). The highest BCUT2D eigenvalue weighted by atomic mass is 15.2. The summed E-state index contributed by atoms with van der Waals surface area (Å²) in [6.07, 6.45) is 1.07. The van der Waals surface area contributed by atoms with E-state index in [0.717, 1.165) is 18.7 Å². The standard InChI is InChI=1S/C21H22N2/c1-5-16-6-7-17-13-23(15(3)20(17)11-16)19-8-9-21-18(12-19)10-14(2)22(21)4/h6-12H,3,5,13H2,1-2,4H3. The summed E-state index contributed by atoms with van der Waals surface area (Å²) in [4.78, 5) is 2.33. The smallest absolute Gasteiger partial charge is 0.0488 e. The van der Waals surface area contributed by atoms with Gasteiger partial charge in [-0.2, -0.15) is 0 Å². The van der Waals surface area contributed by atoms with Crippen molar-refractivity contribution in [2.45, 2.75) is 26.8 Å². The Labute approximate surface area is 137 Å². The summed E-state index contributed by atoms with van der Waals surface area (Å²) in [5.74, 6) is 0. The molecular formula is C21H22N2. The van der Waals surface area contributed by atoms with E-state index in [0.29, 0.717) is 0 Å². The van der Waals surface area contributed by atoms with Crippen molar-refractivity contribution in [3.05, 3.63) is 71.4 Å². The minimum absolute atomic E-state index is 0.912. The quantitative estimate of drug-likeness (QED) is 0.644. The van der Waals surface area contributed by atoms with Gasteiger partial charge in [-0.3, -0.25) is 0 Å². The van der Waals surface area contributed by atoms with Crippen LogP contribution in [0.4, 0.5) is 5.69 Å². The van der Waals surface area contributed by atoms with Crippen LogP contribution in [0.5, 0.6) is 0 Å². The summed E-state index contributed by atoms with van der Waals surface area (Å²) >= 11 is 0. The summed E-state index contributed by atoms with van der Waals surface area (Å²) < 4.78 is 2.24. The molecular weight excluding hydrogens is 280 g/mol. The van der Waals surface area contributed by atoms with Gasteiger partial charge in [0.25, 0.3) is 0 Å². The highest BCUT2D eigenvalue weighted by Crippen LogP contribution is 2.37. The summed E-state index contributed by atoms with van der Waals surface area (Å²) in [5, 5.41) is 1.29. The third-order valence-electron chi connectivity index (χ3n) is 5.13. The summed E-state index contributed by atoms with van der Waals surface area (Å²) in [5.41, 5.74) is 8.95. The zero-order valence-electron chi connectivity index (χ0n) is 14.1. The molecule has 0 atom stereocenters. The van der Waals surface area contributed by atoms with Crippen LogP contribution < -0.4 is 4.90 Å². The van der Waals surface area contributed by atoms with E-state index in [2.05, 4.69) is 79.4 Å². The zero-order valence-corrected chi connectivity index (χ0v) is 14.1. The third kappa shape index (κ3) is 2.09. The second kappa shape index (κ2) is 5.02. The number of nitrogens with zero attached hydrogens (tertiary/aromatic N) is 2. The average Bonchev–Trinajstić information content (AvgIpc) is 3.04. The number of fused-ring (bicyclic) bond motifs is 2. The first-order chi connectivity index (χ1) is 11.1. The topological polar surface area (TPSA) is 8.17 Å². The third-order valence-corrected chi connectivity index (χ3v) is 5.13. The molecule has 3 aromatic rings. The number of aryl methyl sites for hydroxylation is 3. The molecule has 0 spiro atoms. The van der Waals surface area contributed by atoms with Crippen LogP contribution in [-0.4, -0.2) is 4.57 Å². The Hall–Kier alpha value is -2.48. The minimum Gasteiger partial charge on any atom is -0.348 e. The van der Waals surface area contributed by atoms with Crippen molar-refractivity contribution in [3.63, 3.8) is 0 Å². The van der Waals surface area contributed by atoms with Crippen LogP contribution >= 0.6 is 0 Å². The maximum absolute atomic E-state index is 4.35. The molecule has 0 amide bonds. The maximum Gasteiger partial charge on any atom is 0.0488 e. The van der Waals surface area contributed by atoms with Gasteiger partial charge < -0.3 is 9.47 Å². The molecule has 0 saturated carbocycles. The Morgan fingerprint density at radius 2 is 1.91 bits per heavy atom. The number of anilines is 1. The molecule has 0 bridgehead atoms. The predicted molar refractivity (Wildman–Crippen MR) is 98.7 cm³/mol. The van der Waals surface area contributed by atoms with Crippen LogP contribution in [0.1, 0.15) is 29.3 Å². The lowest BCUT2D eigenvalue weighted by molar-refractivity contribution is 0.918. The fourth-order valence-corrected chi connectivity index (χ4v) is 3.55. The molecule has 2 nitrogen and oxygen atoms in total. The van der Waals surface area contributed by atoms with Crippen molar-refractivity contribution < 1.29 is 0 Å². The first kappa shape index (κ1) is 14.1. The van der Waals surface area contributed by atoms with Gasteiger partial charge in [0, 0.05) is 47.1 Å². The van der Waals surface area contributed by atoms with Crippen molar-refractivity contribution in [1.82, 2.24) is 4.57 Å². The van der Waals surface area contributed by atoms with Crippen molar-refractivity contribution in [2.75, 3.05) is 4.90 Å². The first-order valence-electron chi connectivity index (χ1n) is 8.23. The summed E-state index contributed by atoms with van der Waals surface area (Å²) in [7, 11) is 2.12. The van der Waals surface area contributed by atoms with Crippen LogP contribution in [0.15, 0.2) is 49.0 Å². The van der Waals surface area contributed by atoms with Gasteiger partial charge in [0.1, 0.15) is 0 Å². The Kier molecular flexibility index (Phi) is 3.08. The van der Waals surface area contributed by atoms with E-state index in [-0.39, 0.29) is 0 Å². The van der Waals surface area contributed by atoms with E-state index in [9.17, 15) is 0 Å². The molecule has 23 heavy (non-hydrogen) atoms. The van der Waals surface area contributed by atoms with Crippen LogP contribution in [0.3, 0.4) is 0 Å². The molecule has 116 valence electrons. The van der Waals surface area contributed by atoms with Crippen molar-refractivity contribution in [1.29, 1.82) is 0 Å². The molecule has 0 aliphatic carbocycles. The Balaban J connectivity index is 1.76. The van der Waals surface area contributed by atoms with Gasteiger partial charge in [-0.15, -0.1) is 0 Å². The van der Waals surface area contributed by atoms with E-state index in [1.54, 1.807) is 0 Å². The monoisotopic (exact) mass is 302 g/mol. The van der Waals surface area contributed by atoms with E-state index in [1.807, 2.05) is 0 Å². The number of rotatable bonds is 2. The number of hydrogen-bond donors (Lipinski definition) is 0. The molecule has 1 aliphatic rings. The first-order valence-corrected chi connectivity index (χ1v) is 8.23. The number of hydrogen-bond acceptors (Lipinski definition) is 1. The van der Waals surface area contributed by atoms with E-state index in [4.69, 9.17) is 0 Å². The van der Waals surface area contributed by atoms with Crippen LogP contribution in [0.25, 0.3) is 16.6 Å². The van der Waals surface area contributed by atoms with Crippen molar-refractivity contribution >= 4 is 22.3 Å². The molecule has 0 fully saturated rings. The SMILES string of the molecule is C=C1c2cc(CC)ccc2CN1c1ccc2c(c1)cc(C)n2C. The Morgan fingerprint density at radius 1 is 1.09 bits per heavy atom.